The van der Waals surface area contributed by atoms with E-state index in [4.69, 9.17) is 4.74 Å². The Morgan fingerprint density at radius 2 is 1.65 bits per heavy atom. The van der Waals surface area contributed by atoms with Crippen LogP contribution in [-0.4, -0.2) is 25.3 Å². The lowest BCUT2D eigenvalue weighted by Crippen LogP contribution is -2.48. The van der Waals surface area contributed by atoms with Gasteiger partial charge < -0.3 is 10.1 Å². The third kappa shape index (κ3) is 3.23. The second-order valence-electron chi connectivity index (χ2n) is 6.28. The van der Waals surface area contributed by atoms with E-state index < -0.39 is 0 Å². The Labute approximate surface area is 107 Å². The second kappa shape index (κ2) is 6.19. The van der Waals surface area contributed by atoms with Crippen molar-refractivity contribution >= 4 is 0 Å². The Hall–Kier alpha value is -0.0800. The first-order valence-electron chi connectivity index (χ1n) is 7.51. The van der Waals surface area contributed by atoms with Crippen LogP contribution in [0.25, 0.3) is 0 Å². The Morgan fingerprint density at radius 1 is 0.941 bits per heavy atom. The van der Waals surface area contributed by atoms with Crippen LogP contribution in [0.3, 0.4) is 0 Å². The van der Waals surface area contributed by atoms with Crippen molar-refractivity contribution in [2.75, 3.05) is 7.11 Å². The number of hydrogen-bond donors (Lipinski definition) is 1. The maximum atomic E-state index is 5.60. The molecule has 0 bridgehead atoms. The zero-order chi connectivity index (χ0) is 12.3. The summed E-state index contributed by atoms with van der Waals surface area (Å²) in [6.45, 7) is 4.76. The van der Waals surface area contributed by atoms with Gasteiger partial charge in [-0.2, -0.15) is 0 Å². The Bertz CT molecular complexity index is 229. The Morgan fingerprint density at radius 3 is 2.35 bits per heavy atom. The fourth-order valence-electron chi connectivity index (χ4n) is 3.84. The summed E-state index contributed by atoms with van der Waals surface area (Å²) < 4.78 is 5.60. The van der Waals surface area contributed by atoms with Gasteiger partial charge >= 0.3 is 0 Å². The molecule has 2 rings (SSSR count). The summed E-state index contributed by atoms with van der Waals surface area (Å²) in [7, 11) is 1.87. The molecule has 17 heavy (non-hydrogen) atoms. The molecular formula is C15H29NO. The fourth-order valence-corrected chi connectivity index (χ4v) is 3.84. The molecule has 100 valence electrons. The molecule has 2 heteroatoms. The van der Waals surface area contributed by atoms with Crippen molar-refractivity contribution in [1.82, 2.24) is 5.32 Å². The highest BCUT2D eigenvalue weighted by Gasteiger charge is 2.33. The zero-order valence-corrected chi connectivity index (χ0v) is 11.7. The quantitative estimate of drug-likeness (QED) is 0.812. The van der Waals surface area contributed by atoms with E-state index in [2.05, 4.69) is 19.2 Å². The van der Waals surface area contributed by atoms with Crippen molar-refractivity contribution in [3.63, 3.8) is 0 Å². The van der Waals surface area contributed by atoms with E-state index in [-0.39, 0.29) is 0 Å². The van der Waals surface area contributed by atoms with Gasteiger partial charge in [0.05, 0.1) is 6.10 Å². The zero-order valence-electron chi connectivity index (χ0n) is 11.7. The van der Waals surface area contributed by atoms with Gasteiger partial charge in [-0.05, 0) is 43.9 Å². The van der Waals surface area contributed by atoms with E-state index >= 15 is 0 Å². The van der Waals surface area contributed by atoms with Gasteiger partial charge in [-0.3, -0.25) is 0 Å². The molecule has 0 aromatic carbocycles. The van der Waals surface area contributed by atoms with Crippen LogP contribution in [0.2, 0.25) is 0 Å². The molecule has 0 radical (unpaired) electrons. The predicted molar refractivity (Wildman–Crippen MR) is 72.2 cm³/mol. The minimum atomic E-state index is 0.463. The minimum Gasteiger partial charge on any atom is -0.380 e. The average Bonchev–Trinajstić information content (AvgIpc) is 2.77. The SMILES string of the molecule is COC1CCCC1NC1CCCCC1C(C)C. The summed E-state index contributed by atoms with van der Waals surface area (Å²) in [5.41, 5.74) is 0. The first-order valence-corrected chi connectivity index (χ1v) is 7.51. The van der Waals surface area contributed by atoms with Gasteiger partial charge in [-0.25, -0.2) is 0 Å². The Balaban J connectivity index is 1.91. The van der Waals surface area contributed by atoms with Gasteiger partial charge in [0.15, 0.2) is 0 Å². The molecule has 2 aliphatic rings. The minimum absolute atomic E-state index is 0.463. The van der Waals surface area contributed by atoms with Crippen molar-refractivity contribution in [3.8, 4) is 0 Å². The normalized spacial score (nSPS) is 38.8. The standard InChI is InChI=1S/C15H29NO/c1-11(2)12-7-4-5-8-13(12)16-14-9-6-10-15(14)17-3/h11-16H,4-10H2,1-3H3. The molecule has 0 aliphatic heterocycles. The third-order valence-electron chi connectivity index (χ3n) is 4.86. The maximum Gasteiger partial charge on any atom is 0.0724 e. The molecule has 4 unspecified atom stereocenters. The van der Waals surface area contributed by atoms with Gasteiger partial charge in [0.2, 0.25) is 0 Å². The molecule has 2 nitrogen and oxygen atoms in total. The first kappa shape index (κ1) is 13.4. The van der Waals surface area contributed by atoms with E-state index in [1.54, 1.807) is 0 Å². The van der Waals surface area contributed by atoms with Crippen molar-refractivity contribution in [3.05, 3.63) is 0 Å². The van der Waals surface area contributed by atoms with Crippen molar-refractivity contribution in [1.29, 1.82) is 0 Å². The van der Waals surface area contributed by atoms with Crippen LogP contribution < -0.4 is 5.32 Å². The molecule has 0 saturated heterocycles. The topological polar surface area (TPSA) is 21.3 Å². The summed E-state index contributed by atoms with van der Waals surface area (Å²) >= 11 is 0. The van der Waals surface area contributed by atoms with Crippen LogP contribution in [0.5, 0.6) is 0 Å². The van der Waals surface area contributed by atoms with E-state index in [1.807, 2.05) is 7.11 Å². The maximum absolute atomic E-state index is 5.60. The molecule has 4 atom stereocenters. The van der Waals surface area contributed by atoms with E-state index in [1.165, 1.54) is 44.9 Å². The average molecular weight is 239 g/mol. The number of rotatable bonds is 4. The first-order chi connectivity index (χ1) is 8.22. The summed E-state index contributed by atoms with van der Waals surface area (Å²) in [5.74, 6) is 1.69. The van der Waals surface area contributed by atoms with Crippen molar-refractivity contribution < 1.29 is 4.74 Å². The molecule has 2 fully saturated rings. The summed E-state index contributed by atoms with van der Waals surface area (Å²) in [6.07, 6.45) is 9.97. The highest BCUT2D eigenvalue weighted by atomic mass is 16.5. The molecule has 0 heterocycles. The van der Waals surface area contributed by atoms with Gasteiger partial charge in [0.1, 0.15) is 0 Å². The molecule has 0 amide bonds. The van der Waals surface area contributed by atoms with Crippen LogP contribution in [0.4, 0.5) is 0 Å². The van der Waals surface area contributed by atoms with Gasteiger partial charge in [-0.1, -0.05) is 26.7 Å². The predicted octanol–water partition coefficient (Wildman–Crippen LogP) is 3.36. The van der Waals surface area contributed by atoms with Crippen LogP contribution >= 0.6 is 0 Å². The summed E-state index contributed by atoms with van der Waals surface area (Å²) in [6, 6.07) is 1.36. The third-order valence-corrected chi connectivity index (χ3v) is 4.86. The number of nitrogens with one attached hydrogen (secondary N) is 1. The number of methoxy groups -OCH3 is 1. The van der Waals surface area contributed by atoms with E-state index in [9.17, 15) is 0 Å². The lowest BCUT2D eigenvalue weighted by Gasteiger charge is -2.37. The van der Waals surface area contributed by atoms with Crippen molar-refractivity contribution in [2.45, 2.75) is 77.0 Å². The van der Waals surface area contributed by atoms with E-state index in [0.29, 0.717) is 12.1 Å². The monoisotopic (exact) mass is 239 g/mol. The number of ether oxygens (including phenoxy) is 1. The van der Waals surface area contributed by atoms with Crippen LogP contribution in [-0.2, 0) is 4.74 Å². The molecular weight excluding hydrogens is 210 g/mol. The highest BCUT2D eigenvalue weighted by Crippen LogP contribution is 2.32. The van der Waals surface area contributed by atoms with Gasteiger partial charge in [0, 0.05) is 19.2 Å². The van der Waals surface area contributed by atoms with E-state index in [0.717, 1.165) is 17.9 Å². The second-order valence-corrected chi connectivity index (χ2v) is 6.28. The van der Waals surface area contributed by atoms with Crippen LogP contribution in [0.15, 0.2) is 0 Å². The van der Waals surface area contributed by atoms with Crippen LogP contribution in [0.1, 0.15) is 58.8 Å². The highest BCUT2D eigenvalue weighted by molar-refractivity contribution is 4.90. The molecule has 2 saturated carbocycles. The lowest BCUT2D eigenvalue weighted by molar-refractivity contribution is 0.0707. The molecule has 0 aromatic rings. The van der Waals surface area contributed by atoms with Crippen LogP contribution in [0, 0.1) is 11.8 Å². The smallest absolute Gasteiger partial charge is 0.0724 e. The largest absolute Gasteiger partial charge is 0.380 e. The molecule has 0 aromatic heterocycles. The van der Waals surface area contributed by atoms with Gasteiger partial charge in [0.25, 0.3) is 0 Å². The molecule has 0 spiro atoms. The fraction of sp³-hybridized carbons (Fsp3) is 1.00. The summed E-state index contributed by atoms with van der Waals surface area (Å²) in [4.78, 5) is 0. The Kier molecular flexibility index (Phi) is 4.87. The van der Waals surface area contributed by atoms with Gasteiger partial charge in [-0.15, -0.1) is 0 Å². The molecule has 2 aliphatic carbocycles. The summed E-state index contributed by atoms with van der Waals surface area (Å²) in [5, 5.41) is 3.93. The van der Waals surface area contributed by atoms with Crippen molar-refractivity contribution in [2.24, 2.45) is 11.8 Å². The lowest BCUT2D eigenvalue weighted by atomic mass is 9.77. The molecule has 1 N–H and O–H groups in total. The number of hydrogen-bond acceptors (Lipinski definition) is 2.